The van der Waals surface area contributed by atoms with Gasteiger partial charge in [0.1, 0.15) is 6.33 Å². The third-order valence-corrected chi connectivity index (χ3v) is 2.91. The zero-order valence-electron chi connectivity index (χ0n) is 10.4. The maximum absolute atomic E-state index is 11.4. The Kier molecular flexibility index (Phi) is 4.28. The molecule has 3 N–H and O–H groups in total. The molecule has 19 heavy (non-hydrogen) atoms. The Morgan fingerprint density at radius 1 is 1.58 bits per heavy atom. The molecule has 0 unspecified atom stereocenters. The van der Waals surface area contributed by atoms with Crippen molar-refractivity contribution in [1.82, 2.24) is 14.8 Å². The van der Waals surface area contributed by atoms with Crippen LogP contribution in [0.5, 0.6) is 0 Å². The van der Waals surface area contributed by atoms with Crippen molar-refractivity contribution in [3.63, 3.8) is 0 Å². The highest BCUT2D eigenvalue weighted by Crippen LogP contribution is 2.12. The number of hydrogen-bond donors (Lipinski definition) is 2. The van der Waals surface area contributed by atoms with Gasteiger partial charge in [-0.2, -0.15) is 0 Å². The van der Waals surface area contributed by atoms with Crippen molar-refractivity contribution in [2.45, 2.75) is 19.5 Å². The molecule has 1 atom stereocenters. The number of hydrogen-bond acceptors (Lipinski definition) is 4. The second-order valence-corrected chi connectivity index (χ2v) is 5.09. The van der Waals surface area contributed by atoms with E-state index in [-0.39, 0.29) is 11.9 Å². The Bertz CT molecular complexity index is 581. The van der Waals surface area contributed by atoms with Crippen LogP contribution in [0.3, 0.4) is 0 Å². The second-order valence-electron chi connectivity index (χ2n) is 4.17. The maximum Gasteiger partial charge on any atom is 0.248 e. The number of nitrogens with two attached hydrogens (primary N) is 1. The molecule has 0 saturated heterocycles. The van der Waals surface area contributed by atoms with Gasteiger partial charge < -0.3 is 5.73 Å². The molecule has 2 rings (SSSR count). The third-order valence-electron chi connectivity index (χ3n) is 2.42. The van der Waals surface area contributed by atoms with E-state index in [0.29, 0.717) is 6.54 Å². The van der Waals surface area contributed by atoms with Gasteiger partial charge in [-0.3, -0.25) is 10.1 Å². The van der Waals surface area contributed by atoms with E-state index in [2.05, 4.69) is 31.3 Å². The van der Waals surface area contributed by atoms with Gasteiger partial charge in [0.2, 0.25) is 11.9 Å². The van der Waals surface area contributed by atoms with Crippen LogP contribution >= 0.6 is 15.9 Å². The minimum Gasteiger partial charge on any atom is -0.320 e. The first kappa shape index (κ1) is 13.7. The number of nitrogens with one attached hydrogen (secondary N) is 1. The normalized spacial score (nSPS) is 12.2. The van der Waals surface area contributed by atoms with E-state index < -0.39 is 6.04 Å². The minimum absolute atomic E-state index is 0.261. The van der Waals surface area contributed by atoms with Crippen LogP contribution in [0.1, 0.15) is 12.5 Å². The van der Waals surface area contributed by atoms with Crippen molar-refractivity contribution in [2.75, 3.05) is 5.32 Å². The predicted molar refractivity (Wildman–Crippen MR) is 75.5 cm³/mol. The summed E-state index contributed by atoms with van der Waals surface area (Å²) in [5.74, 6) is -0.0440. The number of aromatic nitrogens is 3. The first-order chi connectivity index (χ1) is 9.04. The lowest BCUT2D eigenvalue weighted by atomic mass is 10.2. The minimum atomic E-state index is -0.586. The van der Waals surface area contributed by atoms with Crippen LogP contribution in [0, 0.1) is 0 Å². The smallest absolute Gasteiger partial charge is 0.248 e. The Morgan fingerprint density at radius 3 is 3.05 bits per heavy atom. The standard InChI is InChI=1S/C12H14BrN5O/c1-8(14)11(19)16-12-15-7-18(17-12)6-9-3-2-4-10(13)5-9/h2-5,7-8H,6,14H2,1H3,(H,16,17,19)/t8-/m0/s1. The SMILES string of the molecule is C[C@H](N)C(=O)Nc1ncn(Cc2cccc(Br)c2)n1. The molecular weight excluding hydrogens is 310 g/mol. The van der Waals surface area contributed by atoms with E-state index in [1.165, 1.54) is 0 Å². The number of anilines is 1. The van der Waals surface area contributed by atoms with E-state index >= 15 is 0 Å². The summed E-state index contributed by atoms with van der Waals surface area (Å²) in [5.41, 5.74) is 6.54. The number of carbonyl (C=O) groups is 1. The zero-order valence-corrected chi connectivity index (χ0v) is 12.0. The third kappa shape index (κ3) is 3.87. The van der Waals surface area contributed by atoms with E-state index in [9.17, 15) is 4.79 Å². The van der Waals surface area contributed by atoms with Crippen molar-refractivity contribution in [3.05, 3.63) is 40.6 Å². The summed E-state index contributed by atoms with van der Waals surface area (Å²) in [6.07, 6.45) is 1.57. The van der Waals surface area contributed by atoms with E-state index in [1.54, 1.807) is 17.9 Å². The van der Waals surface area contributed by atoms with Crippen LogP contribution in [0.2, 0.25) is 0 Å². The summed E-state index contributed by atoms with van der Waals surface area (Å²) in [6.45, 7) is 2.19. The molecule has 0 saturated carbocycles. The molecule has 1 aromatic heterocycles. The lowest BCUT2D eigenvalue weighted by Gasteiger charge is -2.03. The molecule has 6 nitrogen and oxygen atoms in total. The first-order valence-corrected chi connectivity index (χ1v) is 6.54. The van der Waals surface area contributed by atoms with Gasteiger partial charge in [-0.15, -0.1) is 5.10 Å². The molecule has 7 heteroatoms. The molecule has 0 bridgehead atoms. The number of amides is 1. The molecule has 0 radical (unpaired) electrons. The molecule has 100 valence electrons. The molecule has 0 aliphatic rings. The van der Waals surface area contributed by atoms with Gasteiger partial charge in [0, 0.05) is 4.47 Å². The van der Waals surface area contributed by atoms with Crippen molar-refractivity contribution >= 4 is 27.8 Å². The molecule has 0 aliphatic heterocycles. The van der Waals surface area contributed by atoms with Crippen molar-refractivity contribution in [2.24, 2.45) is 5.73 Å². The molecule has 0 spiro atoms. The highest BCUT2D eigenvalue weighted by Gasteiger charge is 2.10. The van der Waals surface area contributed by atoms with Gasteiger partial charge >= 0.3 is 0 Å². The van der Waals surface area contributed by atoms with Gasteiger partial charge in [-0.05, 0) is 24.6 Å². The van der Waals surface area contributed by atoms with Crippen LogP contribution in [0.25, 0.3) is 0 Å². The van der Waals surface area contributed by atoms with Gasteiger partial charge in [0.25, 0.3) is 0 Å². The monoisotopic (exact) mass is 323 g/mol. The lowest BCUT2D eigenvalue weighted by molar-refractivity contribution is -0.117. The van der Waals surface area contributed by atoms with E-state index in [0.717, 1.165) is 10.0 Å². The number of rotatable bonds is 4. The molecule has 2 aromatic rings. The van der Waals surface area contributed by atoms with E-state index in [4.69, 9.17) is 5.73 Å². The average Bonchev–Trinajstić information content (AvgIpc) is 2.76. The molecule has 1 amide bonds. The summed E-state index contributed by atoms with van der Waals surface area (Å²) < 4.78 is 2.66. The van der Waals surface area contributed by atoms with Crippen molar-refractivity contribution in [1.29, 1.82) is 0 Å². The Hall–Kier alpha value is -1.73. The number of halogens is 1. The van der Waals surface area contributed by atoms with E-state index in [1.807, 2.05) is 24.3 Å². The highest BCUT2D eigenvalue weighted by molar-refractivity contribution is 9.10. The molecule has 0 fully saturated rings. The summed E-state index contributed by atoms with van der Waals surface area (Å²) in [5, 5.41) is 6.70. The van der Waals surface area contributed by atoms with Crippen LogP contribution in [-0.2, 0) is 11.3 Å². The quantitative estimate of drug-likeness (QED) is 0.889. The summed E-state index contributed by atoms with van der Waals surface area (Å²) in [7, 11) is 0. The van der Waals surface area contributed by atoms with Gasteiger partial charge in [-0.1, -0.05) is 28.1 Å². The second kappa shape index (κ2) is 5.94. The Labute approximate surface area is 119 Å². The van der Waals surface area contributed by atoms with Crippen molar-refractivity contribution in [3.8, 4) is 0 Å². The fourth-order valence-corrected chi connectivity index (χ4v) is 1.92. The molecule has 1 aromatic carbocycles. The number of benzene rings is 1. The van der Waals surface area contributed by atoms with Gasteiger partial charge in [0.15, 0.2) is 0 Å². The topological polar surface area (TPSA) is 85.8 Å². The fourth-order valence-electron chi connectivity index (χ4n) is 1.47. The lowest BCUT2D eigenvalue weighted by Crippen LogP contribution is -2.32. The van der Waals surface area contributed by atoms with Crippen molar-refractivity contribution < 1.29 is 4.79 Å². The average molecular weight is 324 g/mol. The molecule has 1 heterocycles. The van der Waals surface area contributed by atoms with Crippen LogP contribution in [0.4, 0.5) is 5.95 Å². The van der Waals surface area contributed by atoms with Gasteiger partial charge in [0.05, 0.1) is 12.6 Å². The summed E-state index contributed by atoms with van der Waals surface area (Å²) >= 11 is 3.41. The van der Waals surface area contributed by atoms with Crippen LogP contribution < -0.4 is 11.1 Å². The predicted octanol–water partition coefficient (Wildman–Crippen LogP) is 1.37. The van der Waals surface area contributed by atoms with Crippen LogP contribution in [-0.4, -0.2) is 26.7 Å². The van der Waals surface area contributed by atoms with Gasteiger partial charge in [-0.25, -0.2) is 9.67 Å². The molecular formula is C12H14BrN5O. The zero-order chi connectivity index (χ0) is 13.8. The maximum atomic E-state index is 11.4. The largest absolute Gasteiger partial charge is 0.320 e. The van der Waals surface area contributed by atoms with Crippen LogP contribution in [0.15, 0.2) is 35.1 Å². The highest BCUT2D eigenvalue weighted by atomic mass is 79.9. The number of carbonyl (C=O) groups excluding carboxylic acids is 1. The molecule has 0 aliphatic carbocycles. The Balaban J connectivity index is 2.03. The fraction of sp³-hybridized carbons (Fsp3) is 0.250. The summed E-state index contributed by atoms with van der Waals surface area (Å²) in [6, 6.07) is 7.32. The number of nitrogens with zero attached hydrogens (tertiary/aromatic N) is 3. The summed E-state index contributed by atoms with van der Waals surface area (Å²) in [4.78, 5) is 15.4. The Morgan fingerprint density at radius 2 is 2.37 bits per heavy atom. The first-order valence-electron chi connectivity index (χ1n) is 5.75.